The van der Waals surface area contributed by atoms with E-state index in [0.29, 0.717) is 12.2 Å². The second-order valence-corrected chi connectivity index (χ2v) is 3.97. The van der Waals surface area contributed by atoms with Gasteiger partial charge in [-0.3, -0.25) is 0 Å². The number of hydrogen-bond donors (Lipinski definition) is 0. The molecule has 17 heavy (non-hydrogen) atoms. The summed E-state index contributed by atoms with van der Waals surface area (Å²) in [6, 6.07) is 7.93. The van der Waals surface area contributed by atoms with Crippen LogP contribution in [0.2, 0.25) is 0 Å². The molecule has 1 aromatic carbocycles. The van der Waals surface area contributed by atoms with Gasteiger partial charge in [-0.2, -0.15) is 0 Å². The van der Waals surface area contributed by atoms with E-state index >= 15 is 0 Å². The van der Waals surface area contributed by atoms with Crippen LogP contribution in [0.3, 0.4) is 0 Å². The molecular weight excluding hydrogens is 214 g/mol. The normalized spacial score (nSPS) is 10.8. The van der Waals surface area contributed by atoms with Crippen molar-refractivity contribution in [2.75, 3.05) is 6.61 Å². The van der Waals surface area contributed by atoms with Crippen molar-refractivity contribution in [1.82, 2.24) is 4.57 Å². The predicted octanol–water partition coefficient (Wildman–Crippen LogP) is 2.92. The van der Waals surface area contributed by atoms with Crippen LogP contribution in [0.15, 0.2) is 24.3 Å². The van der Waals surface area contributed by atoms with Crippen molar-refractivity contribution in [1.29, 1.82) is 0 Å². The van der Waals surface area contributed by atoms with Crippen LogP contribution >= 0.6 is 0 Å². The summed E-state index contributed by atoms with van der Waals surface area (Å²) in [5.41, 5.74) is 2.82. The van der Waals surface area contributed by atoms with E-state index in [-0.39, 0.29) is 5.97 Å². The first-order valence-corrected chi connectivity index (χ1v) is 5.94. The van der Waals surface area contributed by atoms with Crippen molar-refractivity contribution >= 4 is 16.9 Å². The quantitative estimate of drug-likeness (QED) is 0.760. The fourth-order valence-electron chi connectivity index (χ4n) is 2.29. The molecule has 0 aliphatic rings. The zero-order valence-electron chi connectivity index (χ0n) is 10.5. The van der Waals surface area contributed by atoms with Crippen molar-refractivity contribution < 1.29 is 9.53 Å². The Labute approximate surface area is 101 Å². The SMILES string of the molecule is CCOC(=O)c1c(CC)n(C)c2ccccc12. The zero-order valence-corrected chi connectivity index (χ0v) is 10.5. The Morgan fingerprint density at radius 3 is 2.65 bits per heavy atom. The number of fused-ring (bicyclic) bond motifs is 1. The van der Waals surface area contributed by atoms with Gasteiger partial charge in [0.05, 0.1) is 12.2 Å². The lowest BCUT2D eigenvalue weighted by Gasteiger charge is -2.04. The first kappa shape index (κ1) is 11.7. The molecule has 0 saturated heterocycles. The van der Waals surface area contributed by atoms with Crippen LogP contribution < -0.4 is 0 Å². The highest BCUT2D eigenvalue weighted by Crippen LogP contribution is 2.26. The number of aryl methyl sites for hydroxylation is 1. The number of benzene rings is 1. The van der Waals surface area contributed by atoms with Crippen LogP contribution in [-0.4, -0.2) is 17.1 Å². The highest BCUT2D eigenvalue weighted by Gasteiger charge is 2.20. The second-order valence-electron chi connectivity index (χ2n) is 3.97. The van der Waals surface area contributed by atoms with Gasteiger partial charge in [0.2, 0.25) is 0 Å². The molecule has 1 heterocycles. The summed E-state index contributed by atoms with van der Waals surface area (Å²) in [7, 11) is 1.99. The Hall–Kier alpha value is -1.77. The summed E-state index contributed by atoms with van der Waals surface area (Å²) in [6.07, 6.45) is 0.819. The number of rotatable bonds is 3. The summed E-state index contributed by atoms with van der Waals surface area (Å²) in [6.45, 7) is 4.29. The Morgan fingerprint density at radius 1 is 1.29 bits per heavy atom. The van der Waals surface area contributed by atoms with Crippen molar-refractivity contribution in [2.24, 2.45) is 7.05 Å². The highest BCUT2D eigenvalue weighted by atomic mass is 16.5. The molecule has 0 N–H and O–H groups in total. The largest absolute Gasteiger partial charge is 0.462 e. The van der Waals surface area contributed by atoms with Gasteiger partial charge in [0, 0.05) is 23.6 Å². The average molecular weight is 231 g/mol. The third-order valence-electron chi connectivity index (χ3n) is 3.04. The molecule has 0 fully saturated rings. The van der Waals surface area contributed by atoms with Gasteiger partial charge in [-0.15, -0.1) is 0 Å². The number of hydrogen-bond acceptors (Lipinski definition) is 2. The summed E-state index contributed by atoms with van der Waals surface area (Å²) >= 11 is 0. The summed E-state index contributed by atoms with van der Waals surface area (Å²) in [5, 5.41) is 0.977. The minimum absolute atomic E-state index is 0.221. The standard InChI is InChI=1S/C14H17NO2/c1-4-11-13(14(16)17-5-2)10-8-6-7-9-12(10)15(11)3/h6-9H,4-5H2,1-3H3. The van der Waals surface area contributed by atoms with Gasteiger partial charge in [-0.25, -0.2) is 4.79 Å². The van der Waals surface area contributed by atoms with Gasteiger partial charge >= 0.3 is 5.97 Å². The van der Waals surface area contributed by atoms with Gasteiger partial charge in [0.15, 0.2) is 0 Å². The number of ether oxygens (including phenoxy) is 1. The second kappa shape index (κ2) is 4.62. The maximum atomic E-state index is 12.0. The summed E-state index contributed by atoms with van der Waals surface area (Å²) < 4.78 is 7.21. The van der Waals surface area contributed by atoms with Crippen molar-refractivity contribution in [3.8, 4) is 0 Å². The molecule has 1 aromatic heterocycles. The molecule has 0 aliphatic carbocycles. The number of carbonyl (C=O) groups excluding carboxylic acids is 1. The molecule has 0 atom stereocenters. The molecule has 3 heteroatoms. The molecule has 0 unspecified atom stereocenters. The fourth-order valence-corrected chi connectivity index (χ4v) is 2.29. The monoisotopic (exact) mass is 231 g/mol. The van der Waals surface area contributed by atoms with Crippen LogP contribution in [0.4, 0.5) is 0 Å². The molecule has 0 aliphatic heterocycles. The Bertz CT molecular complexity index is 555. The van der Waals surface area contributed by atoms with Gasteiger partial charge in [-0.05, 0) is 19.4 Å². The number of aromatic nitrogens is 1. The van der Waals surface area contributed by atoms with Crippen molar-refractivity contribution in [2.45, 2.75) is 20.3 Å². The molecule has 0 amide bonds. The molecule has 3 nitrogen and oxygen atoms in total. The van der Waals surface area contributed by atoms with E-state index < -0.39 is 0 Å². The Morgan fingerprint density at radius 2 is 2.00 bits per heavy atom. The molecule has 0 saturated carbocycles. The van der Waals surface area contributed by atoms with E-state index in [0.717, 1.165) is 23.0 Å². The highest BCUT2D eigenvalue weighted by molar-refractivity contribution is 6.06. The Balaban J connectivity index is 2.71. The fraction of sp³-hybridized carbons (Fsp3) is 0.357. The minimum Gasteiger partial charge on any atom is -0.462 e. The van der Waals surface area contributed by atoms with Gasteiger partial charge < -0.3 is 9.30 Å². The number of para-hydroxylation sites is 1. The van der Waals surface area contributed by atoms with Crippen molar-refractivity contribution in [3.63, 3.8) is 0 Å². The maximum absolute atomic E-state index is 12.0. The first-order valence-electron chi connectivity index (χ1n) is 5.94. The van der Waals surface area contributed by atoms with Crippen LogP contribution in [0.25, 0.3) is 10.9 Å². The van der Waals surface area contributed by atoms with Gasteiger partial charge in [0.1, 0.15) is 0 Å². The number of nitrogens with zero attached hydrogens (tertiary/aromatic N) is 1. The smallest absolute Gasteiger partial charge is 0.340 e. The van der Waals surface area contributed by atoms with Crippen molar-refractivity contribution in [3.05, 3.63) is 35.5 Å². The molecular formula is C14H17NO2. The van der Waals surface area contributed by atoms with E-state index in [9.17, 15) is 4.79 Å². The lowest BCUT2D eigenvalue weighted by Crippen LogP contribution is -2.08. The van der Waals surface area contributed by atoms with Crippen LogP contribution in [-0.2, 0) is 18.2 Å². The van der Waals surface area contributed by atoms with Gasteiger partial charge in [0.25, 0.3) is 0 Å². The molecule has 0 radical (unpaired) electrons. The first-order chi connectivity index (χ1) is 8.20. The van der Waals surface area contributed by atoms with E-state index in [1.54, 1.807) is 0 Å². The van der Waals surface area contributed by atoms with E-state index in [4.69, 9.17) is 4.74 Å². The third-order valence-corrected chi connectivity index (χ3v) is 3.04. The maximum Gasteiger partial charge on any atom is 0.340 e. The molecule has 2 rings (SSSR count). The van der Waals surface area contributed by atoms with Crippen LogP contribution in [0, 0.1) is 0 Å². The third kappa shape index (κ3) is 1.82. The number of esters is 1. The Kier molecular flexibility index (Phi) is 3.18. The number of carbonyl (C=O) groups is 1. The van der Waals surface area contributed by atoms with Gasteiger partial charge in [-0.1, -0.05) is 25.1 Å². The van der Waals surface area contributed by atoms with Crippen LogP contribution in [0.1, 0.15) is 29.9 Å². The summed E-state index contributed by atoms with van der Waals surface area (Å²) in [4.78, 5) is 12.0. The lowest BCUT2D eigenvalue weighted by molar-refractivity contribution is 0.0527. The average Bonchev–Trinajstić information content (AvgIpc) is 2.63. The topological polar surface area (TPSA) is 31.2 Å². The predicted molar refractivity (Wildman–Crippen MR) is 68.3 cm³/mol. The van der Waals surface area contributed by atoms with Crippen LogP contribution in [0.5, 0.6) is 0 Å². The molecule has 0 spiro atoms. The van der Waals surface area contributed by atoms with E-state index in [1.807, 2.05) is 38.2 Å². The summed E-state index contributed by atoms with van der Waals surface area (Å²) in [5.74, 6) is -0.221. The minimum atomic E-state index is -0.221. The molecule has 2 aromatic rings. The molecule has 90 valence electrons. The zero-order chi connectivity index (χ0) is 12.4. The molecule has 0 bridgehead atoms. The lowest BCUT2D eigenvalue weighted by atomic mass is 10.1. The van der Waals surface area contributed by atoms with E-state index in [2.05, 4.69) is 11.5 Å². The van der Waals surface area contributed by atoms with E-state index in [1.165, 1.54) is 0 Å².